The molecule has 0 spiro atoms. The van der Waals surface area contributed by atoms with Crippen LogP contribution in [0.25, 0.3) is 0 Å². The van der Waals surface area contributed by atoms with Crippen molar-refractivity contribution < 1.29 is 9.59 Å². The lowest BCUT2D eigenvalue weighted by Gasteiger charge is -1.98. The summed E-state index contributed by atoms with van der Waals surface area (Å²) in [6.45, 7) is 2.95. The highest BCUT2D eigenvalue weighted by Crippen LogP contribution is 2.19. The van der Waals surface area contributed by atoms with E-state index in [0.717, 1.165) is 0 Å². The van der Waals surface area contributed by atoms with E-state index >= 15 is 0 Å². The summed E-state index contributed by atoms with van der Waals surface area (Å²) >= 11 is 5.78. The maximum atomic E-state index is 11.8. The molecule has 0 N–H and O–H groups in total. The first-order valence-corrected chi connectivity index (χ1v) is 4.70. The number of aliphatic imine (C=N–C) groups is 1. The summed E-state index contributed by atoms with van der Waals surface area (Å²) in [6.07, 6.45) is 6.97. The fourth-order valence-electron chi connectivity index (χ4n) is 1.13. The molecule has 0 bridgehead atoms. The lowest BCUT2D eigenvalue weighted by molar-refractivity contribution is -0.118. The van der Waals surface area contributed by atoms with Crippen molar-refractivity contribution in [3.63, 3.8) is 0 Å². The van der Waals surface area contributed by atoms with Crippen LogP contribution < -0.4 is 0 Å². The van der Waals surface area contributed by atoms with Crippen molar-refractivity contribution in [2.24, 2.45) is 4.99 Å². The van der Waals surface area contributed by atoms with E-state index in [2.05, 4.69) is 11.2 Å². The third-order valence-corrected chi connectivity index (χ3v) is 2.14. The molecule has 0 amide bonds. The Morgan fingerprint density at radius 2 is 2.20 bits per heavy atom. The number of Topliss-reactive ketones (excluding diaryl/α,β-unsaturated/α-hetero) is 2. The van der Waals surface area contributed by atoms with Gasteiger partial charge in [-0.25, -0.2) is 0 Å². The number of hydrogen-bond donors (Lipinski definition) is 0. The Balaban J connectivity index is 3.11. The summed E-state index contributed by atoms with van der Waals surface area (Å²) in [7, 11) is 0. The zero-order valence-electron chi connectivity index (χ0n) is 8.37. The van der Waals surface area contributed by atoms with E-state index in [1.807, 2.05) is 0 Å². The Morgan fingerprint density at radius 3 is 2.67 bits per heavy atom. The summed E-state index contributed by atoms with van der Waals surface area (Å²) in [5.41, 5.74) is 0.145. The van der Waals surface area contributed by atoms with Crippen LogP contribution in [0.15, 0.2) is 39.5 Å². The highest BCUT2D eigenvalue weighted by atomic mass is 35.5. The van der Waals surface area contributed by atoms with Crippen LogP contribution >= 0.6 is 11.6 Å². The summed E-state index contributed by atoms with van der Waals surface area (Å²) in [6, 6.07) is 0. The molecule has 1 aliphatic heterocycles. The Bertz CT molecular complexity index is 428. The second kappa shape index (κ2) is 4.78. The first kappa shape index (κ1) is 11.5. The van der Waals surface area contributed by atoms with E-state index in [1.54, 1.807) is 6.92 Å². The van der Waals surface area contributed by atoms with Crippen LogP contribution in [0.1, 0.15) is 13.8 Å². The molecule has 0 aliphatic carbocycles. The van der Waals surface area contributed by atoms with Gasteiger partial charge in [-0.1, -0.05) is 11.1 Å². The second-order valence-electron chi connectivity index (χ2n) is 2.86. The molecule has 76 valence electrons. The van der Waals surface area contributed by atoms with Gasteiger partial charge in [0, 0.05) is 0 Å². The molecule has 1 aliphatic rings. The smallest absolute Gasteiger partial charge is 0.272 e. The molecule has 1 rings (SSSR count). The minimum Gasteiger partial charge on any atom is -0.294 e. The predicted octanol–water partition coefficient (Wildman–Crippen LogP) is 2.06. The van der Waals surface area contributed by atoms with Crippen molar-refractivity contribution in [3.05, 3.63) is 34.5 Å². The van der Waals surface area contributed by atoms with Gasteiger partial charge < -0.3 is 0 Å². The molecular formula is C11H9ClNO2+. The van der Waals surface area contributed by atoms with Crippen molar-refractivity contribution >= 4 is 29.4 Å². The molecule has 4 heteroatoms. The van der Waals surface area contributed by atoms with Crippen LogP contribution in [0, 0.1) is 0 Å². The van der Waals surface area contributed by atoms with Crippen molar-refractivity contribution in [1.29, 1.82) is 0 Å². The van der Waals surface area contributed by atoms with Gasteiger partial charge in [0.15, 0.2) is 17.0 Å². The number of rotatable bonds is 3. The molecule has 0 saturated heterocycles. The Labute approximate surface area is 92.8 Å². The van der Waals surface area contributed by atoms with E-state index in [4.69, 9.17) is 11.6 Å². The monoisotopic (exact) mass is 222 g/mol. The molecule has 0 unspecified atom stereocenters. The normalized spacial score (nSPS) is 15.3. The molecule has 0 radical (unpaired) electrons. The first-order chi connectivity index (χ1) is 7.07. The van der Waals surface area contributed by atoms with E-state index in [0.29, 0.717) is 0 Å². The SMILES string of the molecule is C/C=C(\C(C)=O)C(=O)C1=C(Cl)C=C[C+]=N1. The number of hydrogen-bond acceptors (Lipinski definition) is 3. The van der Waals surface area contributed by atoms with Crippen LogP contribution in [-0.2, 0) is 9.59 Å². The van der Waals surface area contributed by atoms with Crippen LogP contribution in [-0.4, -0.2) is 17.8 Å². The maximum absolute atomic E-state index is 11.8. The highest BCUT2D eigenvalue weighted by molar-refractivity contribution is 6.37. The van der Waals surface area contributed by atoms with Gasteiger partial charge >= 0.3 is 0 Å². The van der Waals surface area contributed by atoms with Crippen molar-refractivity contribution in [2.75, 3.05) is 0 Å². The highest BCUT2D eigenvalue weighted by Gasteiger charge is 2.27. The minimum absolute atomic E-state index is 0.0578. The fraction of sp³-hybridized carbons (Fsp3) is 0.182. The van der Waals surface area contributed by atoms with Gasteiger partial charge in [-0.3, -0.25) is 9.59 Å². The number of allylic oxidation sites excluding steroid dienone is 5. The zero-order chi connectivity index (χ0) is 11.4. The van der Waals surface area contributed by atoms with Crippen molar-refractivity contribution in [2.45, 2.75) is 13.8 Å². The number of nitrogens with zero attached hydrogens (tertiary/aromatic N) is 1. The van der Waals surface area contributed by atoms with Crippen LogP contribution in [0.2, 0.25) is 0 Å². The molecule has 0 aromatic rings. The van der Waals surface area contributed by atoms with Gasteiger partial charge in [0.1, 0.15) is 6.08 Å². The van der Waals surface area contributed by atoms with Gasteiger partial charge in [0.25, 0.3) is 5.78 Å². The number of carbonyl (C=O) groups excluding carboxylic acids is 2. The largest absolute Gasteiger partial charge is 0.294 e. The van der Waals surface area contributed by atoms with Crippen molar-refractivity contribution in [3.8, 4) is 0 Å². The Kier molecular flexibility index (Phi) is 3.67. The summed E-state index contributed by atoms with van der Waals surface area (Å²) in [5, 5.41) is 0.222. The maximum Gasteiger partial charge on any atom is 0.272 e. The van der Waals surface area contributed by atoms with E-state index in [1.165, 1.54) is 25.2 Å². The predicted molar refractivity (Wildman–Crippen MR) is 58.9 cm³/mol. The molecule has 0 atom stereocenters. The fourth-order valence-corrected chi connectivity index (χ4v) is 1.32. The third-order valence-electron chi connectivity index (χ3n) is 1.83. The van der Waals surface area contributed by atoms with E-state index in [9.17, 15) is 9.59 Å². The molecule has 0 fully saturated rings. The molecular weight excluding hydrogens is 214 g/mol. The Morgan fingerprint density at radius 1 is 1.53 bits per heavy atom. The number of carbonyl (C=O) groups is 2. The lowest BCUT2D eigenvalue weighted by Crippen LogP contribution is -2.13. The molecule has 0 aromatic carbocycles. The molecule has 0 aromatic heterocycles. The zero-order valence-corrected chi connectivity index (χ0v) is 9.13. The molecule has 15 heavy (non-hydrogen) atoms. The van der Waals surface area contributed by atoms with E-state index < -0.39 is 5.78 Å². The molecule has 0 saturated carbocycles. The number of halogens is 1. The quantitative estimate of drug-likeness (QED) is 0.318. The third kappa shape index (κ3) is 2.46. The molecule has 3 nitrogen and oxygen atoms in total. The van der Waals surface area contributed by atoms with Crippen molar-refractivity contribution in [1.82, 2.24) is 0 Å². The lowest BCUT2D eigenvalue weighted by atomic mass is 10.0. The van der Waals surface area contributed by atoms with Gasteiger partial charge in [0.2, 0.25) is 5.70 Å². The van der Waals surface area contributed by atoms with Crippen LogP contribution in [0.3, 0.4) is 0 Å². The average Bonchev–Trinajstić information content (AvgIpc) is 2.18. The van der Waals surface area contributed by atoms with Crippen LogP contribution in [0.5, 0.6) is 0 Å². The second-order valence-corrected chi connectivity index (χ2v) is 3.27. The number of ketones is 2. The summed E-state index contributed by atoms with van der Waals surface area (Å²) in [5.74, 6) is -0.768. The van der Waals surface area contributed by atoms with Crippen LogP contribution in [0.4, 0.5) is 0 Å². The van der Waals surface area contributed by atoms with Gasteiger partial charge in [-0.15, -0.1) is 0 Å². The van der Waals surface area contributed by atoms with Gasteiger partial charge in [-0.2, -0.15) is 0 Å². The van der Waals surface area contributed by atoms with E-state index in [-0.39, 0.29) is 22.1 Å². The first-order valence-electron chi connectivity index (χ1n) is 4.32. The minimum atomic E-state index is -0.466. The summed E-state index contributed by atoms with van der Waals surface area (Å²) < 4.78 is 0. The Hall–Kier alpha value is -1.57. The average molecular weight is 223 g/mol. The molecule has 1 heterocycles. The van der Waals surface area contributed by atoms with Gasteiger partial charge in [0.05, 0.1) is 11.6 Å². The summed E-state index contributed by atoms with van der Waals surface area (Å²) in [4.78, 5) is 26.6. The standard InChI is InChI=1S/C11H9ClNO2/c1-3-8(7(2)14)11(15)10-9(12)5-4-6-13-10/h3-5H,1-2H3/q+1/b8-3+. The topological polar surface area (TPSA) is 46.5 Å². The van der Waals surface area contributed by atoms with Gasteiger partial charge in [-0.05, 0) is 25.4 Å².